The first-order valence-electron chi connectivity index (χ1n) is 8.33. The Kier molecular flexibility index (Phi) is 5.14. The van der Waals surface area contributed by atoms with Crippen molar-refractivity contribution >= 4 is 5.84 Å². The molecule has 0 saturated heterocycles. The summed E-state index contributed by atoms with van der Waals surface area (Å²) in [5.74, 6) is 0.839. The molecule has 0 aliphatic heterocycles. The highest BCUT2D eigenvalue weighted by molar-refractivity contribution is 5.97. The van der Waals surface area contributed by atoms with E-state index in [0.717, 1.165) is 23.1 Å². The molecule has 0 heterocycles. The lowest BCUT2D eigenvalue weighted by Crippen LogP contribution is -2.13. The third-order valence-corrected chi connectivity index (χ3v) is 4.12. The van der Waals surface area contributed by atoms with Crippen LogP contribution in [0.3, 0.4) is 0 Å². The van der Waals surface area contributed by atoms with Gasteiger partial charge < -0.3 is 10.8 Å². The van der Waals surface area contributed by atoms with Crippen LogP contribution in [-0.2, 0) is 13.0 Å². The molecule has 25 heavy (non-hydrogen) atoms. The number of aryl methyl sites for hydroxylation is 1. The first-order valence-corrected chi connectivity index (χ1v) is 8.33. The van der Waals surface area contributed by atoms with Crippen LogP contribution in [0, 0.1) is 6.92 Å². The number of aromatic hydroxyl groups is 1. The Bertz CT molecular complexity index is 865. The third-order valence-electron chi connectivity index (χ3n) is 4.12. The SMILES string of the molecule is Cc1ccc(CN=C(N)c2ccc(Cc3cccc(O)c3)cc2)cc1. The summed E-state index contributed by atoms with van der Waals surface area (Å²) in [7, 11) is 0. The van der Waals surface area contributed by atoms with Crippen LogP contribution < -0.4 is 5.73 Å². The van der Waals surface area contributed by atoms with E-state index in [9.17, 15) is 5.11 Å². The summed E-state index contributed by atoms with van der Waals surface area (Å²) in [6, 6.07) is 23.7. The number of phenolic OH excluding ortho intramolecular Hbond substituents is 1. The number of phenols is 1. The number of aliphatic imine (C=N–C) groups is 1. The maximum absolute atomic E-state index is 9.54. The average Bonchev–Trinajstić information content (AvgIpc) is 2.62. The molecule has 0 aliphatic rings. The van der Waals surface area contributed by atoms with Crippen molar-refractivity contribution in [3.8, 4) is 5.75 Å². The van der Waals surface area contributed by atoms with Gasteiger partial charge in [-0.2, -0.15) is 0 Å². The van der Waals surface area contributed by atoms with E-state index in [1.165, 1.54) is 11.1 Å². The van der Waals surface area contributed by atoms with Crippen molar-refractivity contribution in [1.82, 2.24) is 0 Å². The number of hydrogen-bond acceptors (Lipinski definition) is 2. The van der Waals surface area contributed by atoms with Gasteiger partial charge in [0.25, 0.3) is 0 Å². The van der Waals surface area contributed by atoms with E-state index < -0.39 is 0 Å². The number of hydrogen-bond donors (Lipinski definition) is 2. The van der Waals surface area contributed by atoms with Gasteiger partial charge in [-0.15, -0.1) is 0 Å². The minimum atomic E-state index is 0.293. The van der Waals surface area contributed by atoms with Crippen molar-refractivity contribution in [2.75, 3.05) is 0 Å². The van der Waals surface area contributed by atoms with Crippen molar-refractivity contribution in [2.24, 2.45) is 10.7 Å². The van der Waals surface area contributed by atoms with Crippen LogP contribution in [0.1, 0.15) is 27.8 Å². The Morgan fingerprint density at radius 1 is 0.880 bits per heavy atom. The van der Waals surface area contributed by atoms with Gasteiger partial charge in [0, 0.05) is 5.56 Å². The fourth-order valence-electron chi connectivity index (χ4n) is 2.66. The van der Waals surface area contributed by atoms with Crippen molar-refractivity contribution in [3.63, 3.8) is 0 Å². The highest BCUT2D eigenvalue weighted by atomic mass is 16.3. The maximum atomic E-state index is 9.54. The Balaban J connectivity index is 1.66. The summed E-state index contributed by atoms with van der Waals surface area (Å²) in [6.07, 6.45) is 0.773. The second kappa shape index (κ2) is 7.67. The van der Waals surface area contributed by atoms with Crippen LogP contribution in [0.15, 0.2) is 77.8 Å². The lowest BCUT2D eigenvalue weighted by atomic mass is 10.0. The molecule has 126 valence electrons. The van der Waals surface area contributed by atoms with Crippen molar-refractivity contribution in [1.29, 1.82) is 0 Å². The molecule has 0 radical (unpaired) electrons. The first kappa shape index (κ1) is 16.8. The summed E-state index contributed by atoms with van der Waals surface area (Å²) in [4.78, 5) is 4.48. The molecule has 3 aromatic rings. The second-order valence-corrected chi connectivity index (χ2v) is 6.23. The Hall–Kier alpha value is -3.07. The molecule has 3 heteroatoms. The van der Waals surface area contributed by atoms with Crippen LogP contribution in [0.2, 0.25) is 0 Å². The van der Waals surface area contributed by atoms with Gasteiger partial charge in [0.2, 0.25) is 0 Å². The zero-order valence-corrected chi connectivity index (χ0v) is 14.3. The number of nitrogens with two attached hydrogens (primary N) is 1. The minimum absolute atomic E-state index is 0.293. The number of amidine groups is 1. The molecule has 0 saturated carbocycles. The molecular weight excluding hydrogens is 308 g/mol. The van der Waals surface area contributed by atoms with E-state index in [-0.39, 0.29) is 0 Å². The van der Waals surface area contributed by atoms with Gasteiger partial charge in [-0.1, -0.05) is 66.2 Å². The van der Waals surface area contributed by atoms with Gasteiger partial charge >= 0.3 is 0 Å². The van der Waals surface area contributed by atoms with E-state index in [0.29, 0.717) is 18.1 Å². The number of rotatable bonds is 5. The van der Waals surface area contributed by atoms with Gasteiger partial charge in [0.1, 0.15) is 11.6 Å². The third kappa shape index (κ3) is 4.70. The predicted molar refractivity (Wildman–Crippen MR) is 103 cm³/mol. The highest BCUT2D eigenvalue weighted by Gasteiger charge is 2.01. The molecule has 3 rings (SSSR count). The fourth-order valence-corrected chi connectivity index (χ4v) is 2.66. The van der Waals surface area contributed by atoms with Gasteiger partial charge in [-0.05, 0) is 42.2 Å². The first-order chi connectivity index (χ1) is 12.1. The molecule has 3 nitrogen and oxygen atoms in total. The molecule has 0 atom stereocenters. The topological polar surface area (TPSA) is 58.6 Å². The van der Waals surface area contributed by atoms with E-state index >= 15 is 0 Å². The van der Waals surface area contributed by atoms with Crippen LogP contribution in [0.25, 0.3) is 0 Å². The number of benzene rings is 3. The normalized spacial score (nSPS) is 11.5. The molecule has 0 bridgehead atoms. The largest absolute Gasteiger partial charge is 0.508 e. The summed E-state index contributed by atoms with van der Waals surface area (Å²) in [6.45, 7) is 2.65. The lowest BCUT2D eigenvalue weighted by molar-refractivity contribution is 0.474. The smallest absolute Gasteiger partial charge is 0.125 e. The molecule has 0 aromatic heterocycles. The van der Waals surface area contributed by atoms with Crippen LogP contribution >= 0.6 is 0 Å². The average molecular weight is 330 g/mol. The Morgan fingerprint density at radius 2 is 1.56 bits per heavy atom. The van der Waals surface area contributed by atoms with Gasteiger partial charge in [0.05, 0.1) is 6.54 Å². The molecule has 3 aromatic carbocycles. The molecule has 0 aliphatic carbocycles. The summed E-state index contributed by atoms with van der Waals surface area (Å²) < 4.78 is 0. The van der Waals surface area contributed by atoms with Crippen molar-refractivity contribution < 1.29 is 5.11 Å². The summed E-state index contributed by atoms with van der Waals surface area (Å²) in [5.41, 5.74) is 11.7. The zero-order valence-electron chi connectivity index (χ0n) is 14.3. The Labute approximate surface area is 148 Å². The second-order valence-electron chi connectivity index (χ2n) is 6.23. The summed E-state index contributed by atoms with van der Waals surface area (Å²) in [5, 5.41) is 9.54. The van der Waals surface area contributed by atoms with Gasteiger partial charge in [0.15, 0.2) is 0 Å². The lowest BCUT2D eigenvalue weighted by Gasteiger charge is -2.06. The predicted octanol–water partition coefficient (Wildman–Crippen LogP) is 4.20. The minimum Gasteiger partial charge on any atom is -0.508 e. The number of nitrogens with zero attached hydrogens (tertiary/aromatic N) is 1. The van der Waals surface area contributed by atoms with Gasteiger partial charge in [-0.25, -0.2) is 0 Å². The van der Waals surface area contributed by atoms with Crippen LogP contribution in [-0.4, -0.2) is 10.9 Å². The van der Waals surface area contributed by atoms with Crippen LogP contribution in [0.5, 0.6) is 5.75 Å². The molecule has 0 fully saturated rings. The van der Waals surface area contributed by atoms with E-state index in [4.69, 9.17) is 5.73 Å². The standard InChI is InChI=1S/C22H22N2O/c1-16-5-7-18(8-6-16)15-24-22(23)20-11-9-17(10-12-20)13-19-3-2-4-21(25)14-19/h2-12,14,25H,13,15H2,1H3,(H2,23,24). The monoisotopic (exact) mass is 330 g/mol. The van der Waals surface area contributed by atoms with E-state index in [2.05, 4.69) is 36.2 Å². The van der Waals surface area contributed by atoms with Crippen molar-refractivity contribution in [3.05, 3.63) is 101 Å². The quantitative estimate of drug-likeness (QED) is 0.544. The fraction of sp³-hybridized carbons (Fsp3) is 0.136. The van der Waals surface area contributed by atoms with Crippen LogP contribution in [0.4, 0.5) is 0 Å². The molecule has 0 spiro atoms. The molecule has 3 N–H and O–H groups in total. The summed E-state index contributed by atoms with van der Waals surface area (Å²) >= 11 is 0. The zero-order chi connectivity index (χ0) is 17.6. The Morgan fingerprint density at radius 3 is 2.24 bits per heavy atom. The van der Waals surface area contributed by atoms with E-state index in [1.54, 1.807) is 12.1 Å². The molecule has 0 amide bonds. The molecule has 0 unspecified atom stereocenters. The molecular formula is C22H22N2O. The highest BCUT2D eigenvalue weighted by Crippen LogP contribution is 2.16. The van der Waals surface area contributed by atoms with E-state index in [1.807, 2.05) is 36.4 Å². The van der Waals surface area contributed by atoms with Crippen molar-refractivity contribution in [2.45, 2.75) is 19.9 Å². The maximum Gasteiger partial charge on any atom is 0.125 e. The van der Waals surface area contributed by atoms with Gasteiger partial charge in [-0.3, -0.25) is 4.99 Å².